The minimum absolute atomic E-state index is 0.0758. The molecule has 33 heavy (non-hydrogen) atoms. The molecule has 1 aliphatic heterocycles. The lowest BCUT2D eigenvalue weighted by Crippen LogP contribution is -2.32. The molecule has 0 fully saturated rings. The number of fused-ring (bicyclic) bond motifs is 1. The van der Waals surface area contributed by atoms with Gasteiger partial charge in [0.05, 0.1) is 20.8 Å². The molecule has 0 radical (unpaired) electrons. The van der Waals surface area contributed by atoms with Crippen molar-refractivity contribution in [1.82, 2.24) is 19.5 Å². The number of benzene rings is 1. The summed E-state index contributed by atoms with van der Waals surface area (Å²) in [5.74, 6) is -0.457. The Morgan fingerprint density at radius 1 is 1.21 bits per heavy atom. The minimum atomic E-state index is -4.34. The van der Waals surface area contributed by atoms with Crippen LogP contribution in [0.25, 0.3) is 0 Å². The molecule has 0 bridgehead atoms. The zero-order valence-corrected chi connectivity index (χ0v) is 19.5. The van der Waals surface area contributed by atoms with Gasteiger partial charge in [-0.05, 0) is 43.7 Å². The van der Waals surface area contributed by atoms with Crippen LogP contribution in [0, 0.1) is 0 Å². The van der Waals surface area contributed by atoms with Gasteiger partial charge in [0.1, 0.15) is 22.8 Å². The van der Waals surface area contributed by atoms with E-state index in [-0.39, 0.29) is 28.0 Å². The van der Waals surface area contributed by atoms with Crippen LogP contribution in [0.4, 0.5) is 0 Å². The zero-order valence-electron chi connectivity index (χ0n) is 18.7. The molecule has 0 saturated heterocycles. The van der Waals surface area contributed by atoms with Crippen LogP contribution in [0.1, 0.15) is 35.5 Å². The summed E-state index contributed by atoms with van der Waals surface area (Å²) in [4.78, 5) is 16.8. The Bertz CT molecular complexity index is 1300. The van der Waals surface area contributed by atoms with Crippen molar-refractivity contribution in [3.8, 4) is 17.4 Å². The molecule has 4 rings (SSSR count). The van der Waals surface area contributed by atoms with Gasteiger partial charge in [-0.25, -0.2) is 18.1 Å². The van der Waals surface area contributed by atoms with Crippen LogP contribution in [0.5, 0.6) is 17.4 Å². The highest BCUT2D eigenvalue weighted by Crippen LogP contribution is 2.44. The Balaban J connectivity index is 1.64. The number of pyridine rings is 1. The molecule has 1 aliphatic rings. The van der Waals surface area contributed by atoms with Gasteiger partial charge >= 0.3 is 0 Å². The van der Waals surface area contributed by atoms with Crippen molar-refractivity contribution in [2.45, 2.75) is 37.3 Å². The molecular weight excluding hydrogens is 448 g/mol. The number of sulfonamides is 1. The van der Waals surface area contributed by atoms with E-state index < -0.39 is 21.5 Å². The van der Waals surface area contributed by atoms with Crippen LogP contribution in [0.3, 0.4) is 0 Å². The molecule has 1 N–H and O–H groups in total. The van der Waals surface area contributed by atoms with Gasteiger partial charge in [0.25, 0.3) is 15.9 Å². The first-order chi connectivity index (χ1) is 15.6. The van der Waals surface area contributed by atoms with E-state index in [1.807, 2.05) is 13.8 Å². The quantitative estimate of drug-likeness (QED) is 0.555. The fourth-order valence-electron chi connectivity index (χ4n) is 3.71. The third-order valence-electron chi connectivity index (χ3n) is 5.12. The van der Waals surface area contributed by atoms with E-state index in [0.29, 0.717) is 18.5 Å². The Hall–Kier alpha value is -3.60. The van der Waals surface area contributed by atoms with Crippen molar-refractivity contribution >= 4 is 15.9 Å². The normalized spacial score (nSPS) is 14.3. The maximum atomic E-state index is 13.2. The molecule has 3 heterocycles. The molecule has 0 aliphatic carbocycles. The van der Waals surface area contributed by atoms with Crippen LogP contribution in [-0.2, 0) is 23.0 Å². The third-order valence-corrected chi connectivity index (χ3v) is 6.50. The molecule has 3 aromatic rings. The number of carbonyl (C=O) groups excluding carboxylic acids is 1. The lowest BCUT2D eigenvalue weighted by Gasteiger charge is -2.19. The van der Waals surface area contributed by atoms with E-state index in [1.54, 1.807) is 41.3 Å². The number of methoxy groups -OCH3 is 2. The Morgan fingerprint density at radius 3 is 2.67 bits per heavy atom. The van der Waals surface area contributed by atoms with Gasteiger partial charge in [0.2, 0.25) is 5.88 Å². The Kier molecular flexibility index (Phi) is 5.75. The van der Waals surface area contributed by atoms with Crippen LogP contribution >= 0.6 is 0 Å². The molecule has 174 valence electrons. The van der Waals surface area contributed by atoms with E-state index in [9.17, 15) is 13.2 Å². The van der Waals surface area contributed by atoms with Crippen molar-refractivity contribution in [3.05, 3.63) is 59.5 Å². The highest BCUT2D eigenvalue weighted by Gasteiger charge is 2.38. The second kappa shape index (κ2) is 8.39. The van der Waals surface area contributed by atoms with Crippen LogP contribution in [0.2, 0.25) is 0 Å². The first-order valence-corrected chi connectivity index (χ1v) is 11.6. The van der Waals surface area contributed by atoms with Gasteiger partial charge < -0.3 is 14.2 Å². The molecule has 2 aromatic heterocycles. The van der Waals surface area contributed by atoms with E-state index in [0.717, 1.165) is 5.56 Å². The van der Waals surface area contributed by atoms with Gasteiger partial charge in [-0.3, -0.25) is 9.48 Å². The number of nitrogens with one attached hydrogen (secondary N) is 1. The predicted octanol–water partition coefficient (Wildman–Crippen LogP) is 2.18. The van der Waals surface area contributed by atoms with Crippen molar-refractivity contribution in [1.29, 1.82) is 0 Å². The predicted molar refractivity (Wildman–Crippen MR) is 118 cm³/mol. The lowest BCUT2D eigenvalue weighted by atomic mass is 10.0. The Morgan fingerprint density at radius 2 is 2.00 bits per heavy atom. The highest BCUT2D eigenvalue weighted by molar-refractivity contribution is 7.90. The molecular formula is C22H24N4O6S. The fourth-order valence-corrected chi connectivity index (χ4v) is 4.99. The van der Waals surface area contributed by atoms with Crippen molar-refractivity contribution in [2.24, 2.45) is 0 Å². The maximum Gasteiger partial charge on any atom is 0.283 e. The smallest absolute Gasteiger partial charge is 0.283 e. The van der Waals surface area contributed by atoms with Crippen LogP contribution in [-0.4, -0.2) is 48.9 Å². The third kappa shape index (κ3) is 4.49. The number of hydrogen-bond donors (Lipinski definition) is 1. The van der Waals surface area contributed by atoms with Gasteiger partial charge in [-0.1, -0.05) is 6.07 Å². The number of ether oxygens (including phenoxy) is 3. The Labute approximate surface area is 191 Å². The summed E-state index contributed by atoms with van der Waals surface area (Å²) < 4.78 is 46.7. The number of nitrogens with zero attached hydrogens (tertiary/aromatic N) is 3. The van der Waals surface area contributed by atoms with Crippen LogP contribution in [0.15, 0.2) is 47.6 Å². The van der Waals surface area contributed by atoms with Gasteiger partial charge in [-0.15, -0.1) is 0 Å². The lowest BCUT2D eigenvalue weighted by molar-refractivity contribution is 0.0975. The molecule has 0 unspecified atom stereocenters. The summed E-state index contributed by atoms with van der Waals surface area (Å²) in [7, 11) is -1.57. The fraction of sp³-hybridized carbons (Fsp3) is 0.318. The summed E-state index contributed by atoms with van der Waals surface area (Å²) in [6, 6.07) is 8.16. The van der Waals surface area contributed by atoms with E-state index in [4.69, 9.17) is 14.2 Å². The molecule has 1 aromatic carbocycles. The van der Waals surface area contributed by atoms with Gasteiger partial charge in [0, 0.05) is 24.4 Å². The van der Waals surface area contributed by atoms with Gasteiger partial charge in [0.15, 0.2) is 4.90 Å². The minimum Gasteiger partial charge on any atom is -0.495 e. The second-order valence-electron chi connectivity index (χ2n) is 8.13. The SMILES string of the molecule is COc1ccc2c(c1S(=O)(=O)NC(=O)c1ccc(Cn3cccn3)c(OC)n1)OC(C)(C)C2. The molecule has 0 atom stereocenters. The number of hydrogen-bond acceptors (Lipinski definition) is 8. The topological polar surface area (TPSA) is 122 Å². The molecule has 10 nitrogen and oxygen atoms in total. The van der Waals surface area contributed by atoms with E-state index >= 15 is 0 Å². The molecule has 0 saturated carbocycles. The standard InChI is InChI=1S/C22H24N4O6S/c1-22(2)12-14-7-9-17(30-3)19(18(14)32-22)33(28,29)25-20(27)16-8-6-15(21(24-16)31-4)13-26-11-5-10-23-26/h5-11H,12-13H2,1-4H3,(H,25,27). The average Bonchev–Trinajstić information content (AvgIpc) is 3.38. The molecule has 1 amide bonds. The number of carbonyl (C=O) groups is 1. The monoisotopic (exact) mass is 472 g/mol. The van der Waals surface area contributed by atoms with E-state index in [1.165, 1.54) is 20.3 Å². The van der Waals surface area contributed by atoms with Crippen molar-refractivity contribution in [3.63, 3.8) is 0 Å². The van der Waals surface area contributed by atoms with Crippen molar-refractivity contribution in [2.75, 3.05) is 14.2 Å². The second-order valence-corrected chi connectivity index (χ2v) is 9.75. The number of rotatable bonds is 7. The first kappa shape index (κ1) is 22.6. The zero-order chi connectivity index (χ0) is 23.8. The number of amides is 1. The molecule has 11 heteroatoms. The summed E-state index contributed by atoms with van der Waals surface area (Å²) in [6.07, 6.45) is 3.95. The van der Waals surface area contributed by atoms with Gasteiger partial charge in [-0.2, -0.15) is 5.10 Å². The summed E-state index contributed by atoms with van der Waals surface area (Å²) >= 11 is 0. The summed E-state index contributed by atoms with van der Waals surface area (Å²) in [5.41, 5.74) is 0.699. The highest BCUT2D eigenvalue weighted by atomic mass is 32.2. The summed E-state index contributed by atoms with van der Waals surface area (Å²) in [5, 5.41) is 4.13. The maximum absolute atomic E-state index is 13.2. The van der Waals surface area contributed by atoms with Crippen LogP contribution < -0.4 is 18.9 Å². The number of aromatic nitrogens is 3. The van der Waals surface area contributed by atoms with E-state index in [2.05, 4.69) is 14.8 Å². The van der Waals surface area contributed by atoms with Crippen molar-refractivity contribution < 1.29 is 27.4 Å². The average molecular weight is 473 g/mol. The molecule has 0 spiro atoms. The largest absolute Gasteiger partial charge is 0.495 e. The first-order valence-electron chi connectivity index (χ1n) is 10.1. The summed E-state index contributed by atoms with van der Waals surface area (Å²) in [6.45, 7) is 4.09.